The van der Waals surface area contributed by atoms with Gasteiger partial charge in [0, 0.05) is 36.2 Å². The van der Waals surface area contributed by atoms with Gasteiger partial charge in [0.1, 0.15) is 0 Å². The number of hydrogen-bond acceptors (Lipinski definition) is 5. The zero-order valence-corrected chi connectivity index (χ0v) is 24.7. The van der Waals surface area contributed by atoms with Gasteiger partial charge in [-0.15, -0.1) is 0 Å². The van der Waals surface area contributed by atoms with Crippen molar-refractivity contribution in [3.8, 4) is 0 Å². The van der Waals surface area contributed by atoms with Crippen molar-refractivity contribution in [2.24, 2.45) is 0 Å². The van der Waals surface area contributed by atoms with Crippen LogP contribution in [-0.4, -0.2) is 64.4 Å². The van der Waals surface area contributed by atoms with Crippen LogP contribution >= 0.6 is 15.9 Å². The van der Waals surface area contributed by atoms with Crippen LogP contribution < -0.4 is 4.31 Å². The lowest BCUT2D eigenvalue weighted by atomic mass is 10.1. The Kier molecular flexibility index (Phi) is 8.32. The highest BCUT2D eigenvalue weighted by molar-refractivity contribution is 9.10. The number of nitrogens with zero attached hydrogens (tertiary/aromatic N) is 3. The maximum Gasteiger partial charge on any atom is 0.253 e. The molecule has 1 saturated heterocycles. The number of carbonyl (C=O) groups excluding carboxylic acids is 1. The summed E-state index contributed by atoms with van der Waals surface area (Å²) in [6, 6.07) is 19.4. The Morgan fingerprint density at radius 1 is 0.868 bits per heavy atom. The fraction of sp³-hybridized carbons (Fsp3) is 0.296. The lowest BCUT2D eigenvalue weighted by Crippen LogP contribution is -2.50. The molecular formula is C27H30BrN3O5S2. The number of aryl methyl sites for hydroxylation is 1. The predicted octanol–water partition coefficient (Wildman–Crippen LogP) is 4.18. The standard InChI is InChI=1S/C27H30BrN3O5S2/c1-20-13-14-25(21(2)26(20)31(37(3,33)34)19-23-11-7-8-12-24(23)28)38(35,36)30-17-15-29(16-18-30)27(32)22-9-5-4-6-10-22/h4-14H,15-19H2,1-3H3. The van der Waals surface area contributed by atoms with Gasteiger partial charge in [0.25, 0.3) is 5.91 Å². The van der Waals surface area contributed by atoms with Crippen molar-refractivity contribution in [2.45, 2.75) is 25.3 Å². The Labute approximate surface area is 233 Å². The number of amides is 1. The summed E-state index contributed by atoms with van der Waals surface area (Å²) in [6.45, 7) is 4.29. The Bertz CT molecular complexity index is 1550. The molecule has 0 atom stereocenters. The van der Waals surface area contributed by atoms with Crippen LogP contribution in [0.3, 0.4) is 0 Å². The monoisotopic (exact) mass is 619 g/mol. The Morgan fingerprint density at radius 2 is 1.47 bits per heavy atom. The number of sulfonamides is 2. The Balaban J connectivity index is 1.63. The summed E-state index contributed by atoms with van der Waals surface area (Å²) in [5.74, 6) is -0.132. The lowest BCUT2D eigenvalue weighted by molar-refractivity contribution is 0.0698. The van der Waals surface area contributed by atoms with E-state index in [-0.39, 0.29) is 43.5 Å². The molecule has 1 fully saturated rings. The van der Waals surface area contributed by atoms with Gasteiger partial charge in [-0.05, 0) is 54.8 Å². The molecule has 3 aromatic rings. The minimum absolute atomic E-state index is 0.0473. The van der Waals surface area contributed by atoms with Gasteiger partial charge in [-0.3, -0.25) is 9.10 Å². The summed E-state index contributed by atoms with van der Waals surface area (Å²) < 4.78 is 56.8. The summed E-state index contributed by atoms with van der Waals surface area (Å²) >= 11 is 3.48. The normalized spacial score (nSPS) is 14.9. The molecule has 0 aliphatic carbocycles. The first kappa shape index (κ1) is 28.3. The van der Waals surface area contributed by atoms with E-state index in [0.717, 1.165) is 16.3 Å². The first-order valence-electron chi connectivity index (χ1n) is 12.1. The van der Waals surface area contributed by atoms with Gasteiger partial charge in [-0.1, -0.05) is 58.4 Å². The molecule has 3 aromatic carbocycles. The van der Waals surface area contributed by atoms with Gasteiger partial charge in [0.15, 0.2) is 0 Å². The Hall–Kier alpha value is -2.73. The van der Waals surface area contributed by atoms with Crippen LogP contribution in [0.1, 0.15) is 27.0 Å². The third-order valence-corrected chi connectivity index (χ3v) is 10.6. The second-order valence-electron chi connectivity index (χ2n) is 9.28. The largest absolute Gasteiger partial charge is 0.336 e. The van der Waals surface area contributed by atoms with Gasteiger partial charge in [0.2, 0.25) is 20.0 Å². The summed E-state index contributed by atoms with van der Waals surface area (Å²) in [5, 5.41) is 0. The van der Waals surface area contributed by atoms with E-state index in [1.54, 1.807) is 49.1 Å². The minimum Gasteiger partial charge on any atom is -0.336 e. The van der Waals surface area contributed by atoms with E-state index in [1.807, 2.05) is 30.3 Å². The minimum atomic E-state index is -3.94. The molecule has 0 unspecified atom stereocenters. The zero-order valence-electron chi connectivity index (χ0n) is 21.5. The van der Waals surface area contributed by atoms with Gasteiger partial charge in [-0.25, -0.2) is 16.8 Å². The summed E-state index contributed by atoms with van der Waals surface area (Å²) in [5.41, 5.74) is 2.68. The third-order valence-electron chi connectivity index (χ3n) is 6.67. The van der Waals surface area contributed by atoms with Crippen molar-refractivity contribution in [2.75, 3.05) is 36.7 Å². The molecule has 8 nitrogen and oxygen atoms in total. The van der Waals surface area contributed by atoms with Crippen molar-refractivity contribution in [1.82, 2.24) is 9.21 Å². The molecule has 1 heterocycles. The van der Waals surface area contributed by atoms with E-state index in [4.69, 9.17) is 0 Å². The topological polar surface area (TPSA) is 95.1 Å². The third kappa shape index (κ3) is 5.80. The molecule has 0 saturated carbocycles. The molecule has 4 rings (SSSR count). The van der Waals surface area contributed by atoms with Gasteiger partial charge in [0.05, 0.1) is 23.4 Å². The van der Waals surface area contributed by atoms with Crippen LogP contribution in [0.2, 0.25) is 0 Å². The fourth-order valence-electron chi connectivity index (χ4n) is 4.66. The van der Waals surface area contributed by atoms with Crippen LogP contribution in [-0.2, 0) is 26.6 Å². The molecule has 0 N–H and O–H groups in total. The van der Waals surface area contributed by atoms with Crippen LogP contribution in [0, 0.1) is 13.8 Å². The molecule has 0 radical (unpaired) electrons. The number of rotatable bonds is 7. The van der Waals surface area contributed by atoms with Gasteiger partial charge < -0.3 is 4.90 Å². The van der Waals surface area contributed by atoms with E-state index < -0.39 is 20.0 Å². The average Bonchev–Trinajstić information content (AvgIpc) is 2.88. The maximum atomic E-state index is 13.7. The average molecular weight is 621 g/mol. The zero-order chi connectivity index (χ0) is 27.7. The van der Waals surface area contributed by atoms with Crippen LogP contribution in [0.4, 0.5) is 5.69 Å². The number of hydrogen-bond donors (Lipinski definition) is 0. The van der Waals surface area contributed by atoms with E-state index in [0.29, 0.717) is 22.4 Å². The summed E-state index contributed by atoms with van der Waals surface area (Å²) in [6.07, 6.45) is 1.12. The number of piperazine rings is 1. The molecule has 1 aliphatic heterocycles. The van der Waals surface area contributed by atoms with Crippen molar-refractivity contribution in [1.29, 1.82) is 0 Å². The Morgan fingerprint density at radius 3 is 2.08 bits per heavy atom. The molecule has 1 aliphatic rings. The van der Waals surface area contributed by atoms with Crippen molar-refractivity contribution < 1.29 is 21.6 Å². The lowest BCUT2D eigenvalue weighted by Gasteiger charge is -2.35. The molecule has 0 bridgehead atoms. The maximum absolute atomic E-state index is 13.7. The van der Waals surface area contributed by atoms with Crippen molar-refractivity contribution >= 4 is 47.6 Å². The second-order valence-corrected chi connectivity index (χ2v) is 13.9. The summed E-state index contributed by atoms with van der Waals surface area (Å²) in [4.78, 5) is 14.5. The SMILES string of the molecule is Cc1ccc(S(=O)(=O)N2CCN(C(=O)c3ccccc3)CC2)c(C)c1N(Cc1ccccc1Br)S(C)(=O)=O. The summed E-state index contributed by atoms with van der Waals surface area (Å²) in [7, 11) is -7.69. The van der Waals surface area contributed by atoms with Crippen molar-refractivity contribution in [3.63, 3.8) is 0 Å². The molecule has 0 spiro atoms. The highest BCUT2D eigenvalue weighted by atomic mass is 79.9. The highest BCUT2D eigenvalue weighted by Crippen LogP contribution is 2.35. The molecule has 0 aromatic heterocycles. The smallest absolute Gasteiger partial charge is 0.253 e. The van der Waals surface area contributed by atoms with Gasteiger partial charge in [-0.2, -0.15) is 4.31 Å². The highest BCUT2D eigenvalue weighted by Gasteiger charge is 2.33. The number of carbonyl (C=O) groups is 1. The predicted molar refractivity (Wildman–Crippen MR) is 152 cm³/mol. The molecule has 202 valence electrons. The van der Waals surface area contributed by atoms with Crippen molar-refractivity contribution in [3.05, 3.63) is 93.5 Å². The molecular weight excluding hydrogens is 590 g/mol. The molecule has 1 amide bonds. The van der Waals surface area contributed by atoms with Crippen LogP contribution in [0.15, 0.2) is 76.1 Å². The molecule has 11 heteroatoms. The number of anilines is 1. The number of halogens is 1. The first-order chi connectivity index (χ1) is 17.9. The number of benzene rings is 3. The molecule has 38 heavy (non-hydrogen) atoms. The quantitative estimate of drug-likeness (QED) is 0.395. The van der Waals surface area contributed by atoms with E-state index in [1.165, 1.54) is 14.7 Å². The van der Waals surface area contributed by atoms with E-state index in [2.05, 4.69) is 15.9 Å². The van der Waals surface area contributed by atoms with E-state index in [9.17, 15) is 21.6 Å². The van der Waals surface area contributed by atoms with Crippen LogP contribution in [0.25, 0.3) is 0 Å². The second kappa shape index (κ2) is 11.2. The first-order valence-corrected chi connectivity index (χ1v) is 16.1. The van der Waals surface area contributed by atoms with Gasteiger partial charge >= 0.3 is 0 Å². The van der Waals surface area contributed by atoms with Crippen LogP contribution in [0.5, 0.6) is 0 Å². The fourth-order valence-corrected chi connectivity index (χ4v) is 7.70. The van der Waals surface area contributed by atoms with E-state index >= 15 is 0 Å².